The number of para-hydroxylation sites is 1. The van der Waals surface area contributed by atoms with Crippen molar-refractivity contribution in [1.82, 2.24) is 0 Å². The minimum absolute atomic E-state index is 0.0301. The summed E-state index contributed by atoms with van der Waals surface area (Å²) in [6, 6.07) is 7.39. The summed E-state index contributed by atoms with van der Waals surface area (Å²) >= 11 is 0. The molecule has 0 heterocycles. The van der Waals surface area contributed by atoms with E-state index in [0.29, 0.717) is 12.2 Å². The number of hydrogen-bond donors (Lipinski definition) is 1. The van der Waals surface area contributed by atoms with Crippen LogP contribution in [-0.2, 0) is 6.42 Å². The van der Waals surface area contributed by atoms with Crippen LogP contribution in [0.15, 0.2) is 24.3 Å². The van der Waals surface area contributed by atoms with Crippen LogP contribution < -0.4 is 10.5 Å². The van der Waals surface area contributed by atoms with Crippen LogP contribution in [0, 0.1) is 0 Å². The van der Waals surface area contributed by atoms with E-state index in [1.165, 1.54) is 0 Å². The van der Waals surface area contributed by atoms with Crippen molar-refractivity contribution in [2.75, 3.05) is 6.61 Å². The zero-order valence-corrected chi connectivity index (χ0v) is 11.0. The number of ether oxygens (including phenoxy) is 1. The highest BCUT2D eigenvalue weighted by molar-refractivity contribution is 5.33. The molecule has 1 aromatic rings. The molecule has 0 fully saturated rings. The molecule has 5 heteroatoms. The van der Waals surface area contributed by atoms with Crippen molar-refractivity contribution in [2.45, 2.75) is 44.8 Å². The van der Waals surface area contributed by atoms with Crippen LogP contribution in [0.2, 0.25) is 0 Å². The molecule has 0 radical (unpaired) electrons. The summed E-state index contributed by atoms with van der Waals surface area (Å²) in [5, 5.41) is 0. The third kappa shape index (κ3) is 6.47. The zero-order valence-electron chi connectivity index (χ0n) is 11.0. The molecule has 1 atom stereocenters. The first kappa shape index (κ1) is 15.8. The molecule has 0 saturated heterocycles. The monoisotopic (exact) mass is 275 g/mol. The fourth-order valence-corrected chi connectivity index (χ4v) is 1.69. The van der Waals surface area contributed by atoms with Gasteiger partial charge in [-0.3, -0.25) is 0 Å². The molecule has 2 N–H and O–H groups in total. The van der Waals surface area contributed by atoms with E-state index in [-0.39, 0.29) is 19.1 Å². The molecule has 0 bridgehead atoms. The number of halogens is 3. The lowest BCUT2D eigenvalue weighted by Gasteiger charge is -2.14. The molecule has 0 spiro atoms. The number of alkyl halides is 3. The summed E-state index contributed by atoms with van der Waals surface area (Å²) in [6.45, 7) is 2.06. The van der Waals surface area contributed by atoms with Crippen LogP contribution in [-0.4, -0.2) is 18.8 Å². The maximum atomic E-state index is 12.0. The molecule has 1 rings (SSSR count). The molecule has 0 aliphatic heterocycles. The van der Waals surface area contributed by atoms with Gasteiger partial charge in [0.05, 0.1) is 6.61 Å². The Bertz CT molecular complexity index is 379. The summed E-state index contributed by atoms with van der Waals surface area (Å²) in [6.07, 6.45) is -3.44. The van der Waals surface area contributed by atoms with Gasteiger partial charge in [-0.2, -0.15) is 13.2 Å². The normalized spacial score (nSPS) is 13.3. The highest BCUT2D eigenvalue weighted by atomic mass is 19.4. The number of nitrogens with two attached hydrogens (primary N) is 1. The standard InChI is InChI=1S/C14H20F3NO/c1-2-12(18)10-11-6-3-4-7-13(11)19-9-5-8-14(15,16)17/h3-4,6-7,12H,2,5,8-10,18H2,1H3. The van der Waals surface area contributed by atoms with Crippen LogP contribution in [0.3, 0.4) is 0 Å². The van der Waals surface area contributed by atoms with Gasteiger partial charge in [-0.15, -0.1) is 0 Å². The van der Waals surface area contributed by atoms with Crippen LogP contribution in [0.25, 0.3) is 0 Å². The van der Waals surface area contributed by atoms with Crippen LogP contribution in [0.4, 0.5) is 13.2 Å². The van der Waals surface area contributed by atoms with E-state index >= 15 is 0 Å². The number of hydrogen-bond acceptors (Lipinski definition) is 2. The van der Waals surface area contributed by atoms with E-state index in [2.05, 4.69) is 0 Å². The lowest BCUT2D eigenvalue weighted by Crippen LogP contribution is -2.21. The smallest absolute Gasteiger partial charge is 0.389 e. The molecule has 0 amide bonds. The summed E-state index contributed by atoms with van der Waals surface area (Å²) in [4.78, 5) is 0. The van der Waals surface area contributed by atoms with Crippen LogP contribution >= 0.6 is 0 Å². The van der Waals surface area contributed by atoms with E-state index in [0.717, 1.165) is 12.0 Å². The third-order valence-electron chi connectivity index (χ3n) is 2.84. The molecular weight excluding hydrogens is 255 g/mol. The summed E-state index contributed by atoms with van der Waals surface area (Å²) in [5.74, 6) is 0.633. The predicted molar refractivity (Wildman–Crippen MR) is 69.2 cm³/mol. The average Bonchev–Trinajstić information content (AvgIpc) is 2.35. The van der Waals surface area contributed by atoms with Crippen molar-refractivity contribution in [3.8, 4) is 5.75 Å². The minimum Gasteiger partial charge on any atom is -0.493 e. The second-order valence-corrected chi connectivity index (χ2v) is 4.55. The van der Waals surface area contributed by atoms with Crippen LogP contribution in [0.5, 0.6) is 5.75 Å². The Balaban J connectivity index is 2.49. The third-order valence-corrected chi connectivity index (χ3v) is 2.84. The highest BCUT2D eigenvalue weighted by Gasteiger charge is 2.26. The average molecular weight is 275 g/mol. The Morgan fingerprint density at radius 2 is 1.95 bits per heavy atom. The Labute approximate surface area is 111 Å². The SMILES string of the molecule is CCC(N)Cc1ccccc1OCCCC(F)(F)F. The van der Waals surface area contributed by atoms with Gasteiger partial charge in [0.25, 0.3) is 0 Å². The van der Waals surface area contributed by atoms with Gasteiger partial charge in [0.2, 0.25) is 0 Å². The van der Waals surface area contributed by atoms with Gasteiger partial charge in [0.15, 0.2) is 0 Å². The van der Waals surface area contributed by atoms with E-state index < -0.39 is 12.6 Å². The Hall–Kier alpha value is -1.23. The lowest BCUT2D eigenvalue weighted by atomic mass is 10.0. The number of rotatable bonds is 7. The van der Waals surface area contributed by atoms with Crippen molar-refractivity contribution >= 4 is 0 Å². The molecule has 1 aromatic carbocycles. The quantitative estimate of drug-likeness (QED) is 0.770. The summed E-state index contributed by atoms with van der Waals surface area (Å²) < 4.78 is 41.4. The Morgan fingerprint density at radius 3 is 2.58 bits per heavy atom. The Kier molecular flexibility index (Phi) is 6.15. The second kappa shape index (κ2) is 7.38. The van der Waals surface area contributed by atoms with Gasteiger partial charge < -0.3 is 10.5 Å². The second-order valence-electron chi connectivity index (χ2n) is 4.55. The summed E-state index contributed by atoms with van der Waals surface area (Å²) in [5.41, 5.74) is 6.83. The molecule has 108 valence electrons. The van der Waals surface area contributed by atoms with E-state index in [1.807, 2.05) is 19.1 Å². The molecule has 0 aliphatic carbocycles. The molecule has 2 nitrogen and oxygen atoms in total. The van der Waals surface area contributed by atoms with Crippen molar-refractivity contribution in [3.05, 3.63) is 29.8 Å². The van der Waals surface area contributed by atoms with E-state index in [9.17, 15) is 13.2 Å². The van der Waals surface area contributed by atoms with Gasteiger partial charge in [-0.1, -0.05) is 25.1 Å². The summed E-state index contributed by atoms with van der Waals surface area (Å²) in [7, 11) is 0. The Morgan fingerprint density at radius 1 is 1.26 bits per heavy atom. The van der Waals surface area contributed by atoms with Crippen molar-refractivity contribution < 1.29 is 17.9 Å². The van der Waals surface area contributed by atoms with E-state index in [4.69, 9.17) is 10.5 Å². The van der Waals surface area contributed by atoms with Gasteiger partial charge >= 0.3 is 6.18 Å². The molecule has 1 unspecified atom stereocenters. The van der Waals surface area contributed by atoms with Crippen molar-refractivity contribution in [3.63, 3.8) is 0 Å². The molecular formula is C14H20F3NO. The predicted octanol–water partition coefficient (Wildman–Crippen LogP) is 3.69. The fraction of sp³-hybridized carbons (Fsp3) is 0.571. The molecule has 19 heavy (non-hydrogen) atoms. The van der Waals surface area contributed by atoms with Gasteiger partial charge in [0.1, 0.15) is 5.75 Å². The topological polar surface area (TPSA) is 35.2 Å². The van der Waals surface area contributed by atoms with Crippen molar-refractivity contribution in [2.24, 2.45) is 5.73 Å². The zero-order chi connectivity index (χ0) is 14.3. The first-order chi connectivity index (χ1) is 8.92. The largest absolute Gasteiger partial charge is 0.493 e. The van der Waals surface area contributed by atoms with Crippen molar-refractivity contribution in [1.29, 1.82) is 0 Å². The van der Waals surface area contributed by atoms with Crippen LogP contribution in [0.1, 0.15) is 31.7 Å². The fourth-order valence-electron chi connectivity index (χ4n) is 1.69. The van der Waals surface area contributed by atoms with E-state index in [1.54, 1.807) is 12.1 Å². The van der Waals surface area contributed by atoms with Gasteiger partial charge in [-0.25, -0.2) is 0 Å². The molecule has 0 aromatic heterocycles. The minimum atomic E-state index is -4.12. The first-order valence-corrected chi connectivity index (χ1v) is 6.45. The number of benzene rings is 1. The maximum Gasteiger partial charge on any atom is 0.389 e. The first-order valence-electron chi connectivity index (χ1n) is 6.45. The maximum absolute atomic E-state index is 12.0. The lowest BCUT2D eigenvalue weighted by molar-refractivity contribution is -0.136. The molecule has 0 aliphatic rings. The highest BCUT2D eigenvalue weighted by Crippen LogP contribution is 2.23. The van der Waals surface area contributed by atoms with Gasteiger partial charge in [0, 0.05) is 12.5 Å². The molecule has 0 saturated carbocycles. The van der Waals surface area contributed by atoms with Gasteiger partial charge in [-0.05, 0) is 30.9 Å².